The summed E-state index contributed by atoms with van der Waals surface area (Å²) in [4.78, 5) is 27.0. The van der Waals surface area contributed by atoms with Crippen molar-refractivity contribution < 1.29 is 19.1 Å². The number of aryl methyl sites for hydroxylation is 1. The predicted molar refractivity (Wildman–Crippen MR) is 157 cm³/mol. The van der Waals surface area contributed by atoms with Gasteiger partial charge in [-0.05, 0) is 63.3 Å². The maximum Gasteiger partial charge on any atom is 0.341 e. The van der Waals surface area contributed by atoms with Gasteiger partial charge in [0.25, 0.3) is 0 Å². The lowest BCUT2D eigenvalue weighted by atomic mass is 10.1. The monoisotopic (exact) mass is 608 g/mol. The third kappa shape index (κ3) is 7.16. The number of aromatic nitrogens is 3. The van der Waals surface area contributed by atoms with Crippen LogP contribution in [0.5, 0.6) is 5.75 Å². The quantitative estimate of drug-likeness (QED) is 0.107. The van der Waals surface area contributed by atoms with E-state index in [1.54, 1.807) is 31.2 Å². The molecule has 2 aromatic heterocycles. The maximum atomic E-state index is 13.0. The van der Waals surface area contributed by atoms with E-state index in [-0.39, 0.29) is 24.2 Å². The van der Waals surface area contributed by atoms with Crippen molar-refractivity contribution in [3.63, 3.8) is 0 Å². The van der Waals surface area contributed by atoms with Crippen molar-refractivity contribution in [2.24, 2.45) is 0 Å². The summed E-state index contributed by atoms with van der Waals surface area (Å²) in [6.45, 7) is 8.16. The van der Waals surface area contributed by atoms with E-state index in [1.807, 2.05) is 11.5 Å². The number of esters is 1. The fraction of sp³-hybridized carbons (Fsp3) is 0.407. The van der Waals surface area contributed by atoms with E-state index in [0.29, 0.717) is 43.9 Å². The minimum Gasteiger partial charge on any atom is -0.481 e. The number of nitrogens with zero attached hydrogens (tertiary/aromatic N) is 3. The van der Waals surface area contributed by atoms with Gasteiger partial charge < -0.3 is 14.8 Å². The van der Waals surface area contributed by atoms with Crippen LogP contribution in [0.15, 0.2) is 36.0 Å². The normalized spacial score (nSPS) is 13.7. The van der Waals surface area contributed by atoms with Crippen molar-refractivity contribution in [2.45, 2.75) is 63.8 Å². The average molecular weight is 610 g/mol. The number of rotatable bonds is 11. The van der Waals surface area contributed by atoms with Gasteiger partial charge in [-0.25, -0.2) is 4.79 Å². The number of thiophene rings is 1. The van der Waals surface area contributed by atoms with Gasteiger partial charge in [0.2, 0.25) is 5.91 Å². The van der Waals surface area contributed by atoms with Crippen LogP contribution in [0.1, 0.15) is 65.8 Å². The van der Waals surface area contributed by atoms with Gasteiger partial charge in [0.15, 0.2) is 17.1 Å². The summed E-state index contributed by atoms with van der Waals surface area (Å²) in [6, 6.07) is 5.01. The Morgan fingerprint density at radius 1 is 1.26 bits per heavy atom. The summed E-state index contributed by atoms with van der Waals surface area (Å²) in [5, 5.41) is 13.6. The molecule has 208 valence electrons. The SMILES string of the molecule is C=CCn1c(SCC(=O)Nc2sc3c(c2C(=O)OCC)CCCCC3)nnc1C(C)Oc1ccc(Cl)cc1Cl. The van der Waals surface area contributed by atoms with Crippen molar-refractivity contribution in [3.05, 3.63) is 62.7 Å². The molecular formula is C27H30Cl2N4O4S2. The Hall–Kier alpha value is -2.53. The van der Waals surface area contributed by atoms with Gasteiger partial charge in [-0.15, -0.1) is 28.1 Å². The molecule has 1 atom stereocenters. The number of ether oxygens (including phenoxy) is 2. The molecule has 1 unspecified atom stereocenters. The Morgan fingerprint density at radius 2 is 2.05 bits per heavy atom. The van der Waals surface area contributed by atoms with E-state index in [4.69, 9.17) is 32.7 Å². The molecule has 4 rings (SSSR count). The number of benzene rings is 1. The number of amides is 1. The standard InChI is InChI=1S/C27H30Cl2N4O4S2/c1-4-13-33-24(16(3)37-20-12-11-17(28)14-19(20)29)31-32-27(33)38-15-22(34)30-25-23(26(35)36-5-2)18-9-7-6-8-10-21(18)39-25/h4,11-12,14,16H,1,5-10,13,15H2,2-3H3,(H,30,34). The van der Waals surface area contributed by atoms with Gasteiger partial charge in [-0.2, -0.15) is 0 Å². The van der Waals surface area contributed by atoms with Crippen LogP contribution in [0.2, 0.25) is 10.0 Å². The first-order valence-corrected chi connectivity index (χ1v) is 15.3. The molecule has 3 aromatic rings. The summed E-state index contributed by atoms with van der Waals surface area (Å²) in [7, 11) is 0. The molecular weight excluding hydrogens is 579 g/mol. The number of hydrogen-bond donors (Lipinski definition) is 1. The highest BCUT2D eigenvalue weighted by Crippen LogP contribution is 2.38. The topological polar surface area (TPSA) is 95.3 Å². The molecule has 1 amide bonds. The number of carbonyl (C=O) groups is 2. The second-order valence-corrected chi connectivity index (χ2v) is 11.8. The van der Waals surface area contributed by atoms with E-state index in [2.05, 4.69) is 22.1 Å². The van der Waals surface area contributed by atoms with Crippen LogP contribution in [-0.2, 0) is 28.9 Å². The van der Waals surface area contributed by atoms with Crippen LogP contribution in [0, 0.1) is 0 Å². The molecule has 0 aliphatic heterocycles. The van der Waals surface area contributed by atoms with Crippen LogP contribution in [0.25, 0.3) is 0 Å². The summed E-state index contributed by atoms with van der Waals surface area (Å²) < 4.78 is 13.2. The zero-order chi connectivity index (χ0) is 27.9. The number of thioether (sulfide) groups is 1. The lowest BCUT2D eigenvalue weighted by Gasteiger charge is -2.16. The maximum absolute atomic E-state index is 13.0. The van der Waals surface area contributed by atoms with E-state index in [0.717, 1.165) is 42.5 Å². The highest BCUT2D eigenvalue weighted by Gasteiger charge is 2.27. The lowest BCUT2D eigenvalue weighted by Crippen LogP contribution is -2.17. The molecule has 0 spiro atoms. The highest BCUT2D eigenvalue weighted by atomic mass is 35.5. The van der Waals surface area contributed by atoms with Crippen molar-refractivity contribution >= 4 is 63.2 Å². The van der Waals surface area contributed by atoms with E-state index in [9.17, 15) is 9.59 Å². The van der Waals surface area contributed by atoms with Crippen molar-refractivity contribution in [3.8, 4) is 5.75 Å². The fourth-order valence-corrected chi connectivity index (χ4v) is 6.87. The van der Waals surface area contributed by atoms with E-state index < -0.39 is 6.10 Å². The third-order valence-electron chi connectivity index (χ3n) is 6.10. The Morgan fingerprint density at radius 3 is 2.79 bits per heavy atom. The first kappa shape index (κ1) is 29.5. The van der Waals surface area contributed by atoms with Gasteiger partial charge in [-0.3, -0.25) is 9.36 Å². The van der Waals surface area contributed by atoms with Crippen LogP contribution >= 0.6 is 46.3 Å². The second kappa shape index (κ2) is 13.7. The molecule has 8 nitrogen and oxygen atoms in total. The van der Waals surface area contributed by atoms with Crippen molar-refractivity contribution in [1.82, 2.24) is 14.8 Å². The molecule has 1 N–H and O–H groups in total. The smallest absolute Gasteiger partial charge is 0.341 e. The number of hydrogen-bond acceptors (Lipinski definition) is 8. The third-order valence-corrected chi connectivity index (χ3v) is 8.81. The minimum absolute atomic E-state index is 0.0817. The van der Waals surface area contributed by atoms with Crippen molar-refractivity contribution in [2.75, 3.05) is 17.7 Å². The van der Waals surface area contributed by atoms with E-state index >= 15 is 0 Å². The van der Waals surface area contributed by atoms with Gasteiger partial charge in [-0.1, -0.05) is 47.5 Å². The van der Waals surface area contributed by atoms with E-state index in [1.165, 1.54) is 23.1 Å². The number of carbonyl (C=O) groups excluding carboxylic acids is 2. The Labute approximate surface area is 246 Å². The fourth-order valence-electron chi connectivity index (χ4n) is 4.36. The van der Waals surface area contributed by atoms with Crippen LogP contribution < -0.4 is 10.1 Å². The predicted octanol–water partition coefficient (Wildman–Crippen LogP) is 7.15. The number of anilines is 1. The second-order valence-electron chi connectivity index (χ2n) is 8.90. The minimum atomic E-state index is -0.479. The number of allylic oxidation sites excluding steroid dienone is 1. The first-order chi connectivity index (χ1) is 18.8. The van der Waals surface area contributed by atoms with Crippen LogP contribution in [-0.4, -0.2) is 39.0 Å². The zero-order valence-corrected chi connectivity index (χ0v) is 24.9. The summed E-state index contributed by atoms with van der Waals surface area (Å²) >= 11 is 15.0. The molecule has 0 radical (unpaired) electrons. The Balaban J connectivity index is 1.47. The number of nitrogens with one attached hydrogen (secondary N) is 1. The van der Waals surface area contributed by atoms with Gasteiger partial charge in [0.1, 0.15) is 10.8 Å². The largest absolute Gasteiger partial charge is 0.481 e. The van der Waals surface area contributed by atoms with Gasteiger partial charge >= 0.3 is 5.97 Å². The average Bonchev–Trinajstić information content (AvgIpc) is 3.37. The molecule has 1 aliphatic carbocycles. The lowest BCUT2D eigenvalue weighted by molar-refractivity contribution is -0.113. The number of fused-ring (bicyclic) bond motifs is 1. The molecule has 0 bridgehead atoms. The number of halogens is 2. The van der Waals surface area contributed by atoms with Gasteiger partial charge in [0.05, 0.1) is 22.9 Å². The molecule has 12 heteroatoms. The molecule has 1 aromatic carbocycles. The highest BCUT2D eigenvalue weighted by molar-refractivity contribution is 7.99. The van der Waals surface area contributed by atoms with Crippen LogP contribution in [0.3, 0.4) is 0 Å². The van der Waals surface area contributed by atoms with Crippen molar-refractivity contribution in [1.29, 1.82) is 0 Å². The molecule has 0 saturated carbocycles. The first-order valence-electron chi connectivity index (χ1n) is 12.7. The Bertz CT molecular complexity index is 1360. The molecule has 39 heavy (non-hydrogen) atoms. The molecule has 2 heterocycles. The summed E-state index contributed by atoms with van der Waals surface area (Å²) in [5.41, 5.74) is 1.52. The Kier molecular flexibility index (Phi) is 10.3. The van der Waals surface area contributed by atoms with Gasteiger partial charge in [0, 0.05) is 16.4 Å². The van der Waals surface area contributed by atoms with Crippen LogP contribution in [0.4, 0.5) is 5.00 Å². The molecule has 0 fully saturated rings. The molecule has 1 aliphatic rings. The summed E-state index contributed by atoms with van der Waals surface area (Å²) in [5.74, 6) is 0.495. The zero-order valence-electron chi connectivity index (χ0n) is 21.8. The summed E-state index contributed by atoms with van der Waals surface area (Å²) in [6.07, 6.45) is 6.20. The molecule has 0 saturated heterocycles.